The molecule has 0 unspecified atom stereocenters. The Balaban J connectivity index is 1.71. The lowest BCUT2D eigenvalue weighted by atomic mass is 9.77. The van der Waals surface area contributed by atoms with Gasteiger partial charge in [-0.1, -0.05) is 48.5 Å². The van der Waals surface area contributed by atoms with Crippen LogP contribution in [0.3, 0.4) is 0 Å². The topological polar surface area (TPSA) is 56.8 Å². The Kier molecular flexibility index (Phi) is 6.96. The zero-order chi connectivity index (χ0) is 21.8. The van der Waals surface area contributed by atoms with E-state index in [1.807, 2.05) is 88.4 Å². The zero-order valence-electron chi connectivity index (χ0n) is 17.8. The highest BCUT2D eigenvalue weighted by Gasteiger charge is 2.52. The lowest BCUT2D eigenvalue weighted by molar-refractivity contribution is 0.00578. The number of carbonyl (C=O) groups excluding carboxylic acids is 1. The molecule has 0 radical (unpaired) electrons. The first kappa shape index (κ1) is 22.5. The van der Waals surface area contributed by atoms with Crippen LogP contribution in [0, 0.1) is 0 Å². The molecule has 0 spiro atoms. The molecule has 1 aliphatic heterocycles. The average molecular weight is 425 g/mol. The smallest absolute Gasteiger partial charge is 0.445 e. The number of nitrogens with one attached hydrogen (secondary N) is 1. The van der Waals surface area contributed by atoms with Crippen LogP contribution in [0.5, 0.6) is 0 Å². The number of carbonyl (C=O) groups is 1. The second-order valence-corrected chi connectivity index (χ2v) is 8.83. The van der Waals surface area contributed by atoms with Gasteiger partial charge < -0.3 is 19.4 Å². The Morgan fingerprint density at radius 3 is 2.37 bits per heavy atom. The maximum Gasteiger partial charge on any atom is 0.492 e. The van der Waals surface area contributed by atoms with Gasteiger partial charge in [0.25, 0.3) is 0 Å². The van der Waals surface area contributed by atoms with Crippen LogP contribution in [-0.4, -0.2) is 31.0 Å². The highest BCUT2D eigenvalue weighted by atomic mass is 32.1. The lowest BCUT2D eigenvalue weighted by Crippen LogP contribution is -2.41. The third-order valence-electron chi connectivity index (χ3n) is 5.43. The highest BCUT2D eigenvalue weighted by molar-refractivity contribution is 7.80. The third-order valence-corrected chi connectivity index (χ3v) is 5.71. The standard InChI is InChI=1S/C23H28BNO4S/c1-22(2)23(3,4)29-24(28-22)19(13-18-11-8-12-20(30)14-18)15-25-21(26)27-16-17-9-6-5-7-10-17/h5-14,30H,15-16H2,1-4H3,(H,25,26). The highest BCUT2D eigenvalue weighted by Crippen LogP contribution is 2.38. The van der Waals surface area contributed by atoms with E-state index in [2.05, 4.69) is 17.9 Å². The van der Waals surface area contributed by atoms with Crippen molar-refractivity contribution in [2.75, 3.05) is 6.54 Å². The van der Waals surface area contributed by atoms with E-state index in [0.717, 1.165) is 21.5 Å². The van der Waals surface area contributed by atoms with Gasteiger partial charge >= 0.3 is 13.2 Å². The van der Waals surface area contributed by atoms with Gasteiger partial charge in [-0.15, -0.1) is 12.6 Å². The van der Waals surface area contributed by atoms with Gasteiger partial charge in [-0.05, 0) is 56.4 Å². The number of amides is 1. The summed E-state index contributed by atoms with van der Waals surface area (Å²) < 4.78 is 17.7. The molecule has 5 nitrogen and oxygen atoms in total. The molecular formula is C23H28BNO4S. The van der Waals surface area contributed by atoms with Crippen LogP contribution in [0.4, 0.5) is 4.79 Å². The number of thiol groups is 1. The van der Waals surface area contributed by atoms with Crippen molar-refractivity contribution in [3.63, 3.8) is 0 Å². The van der Waals surface area contributed by atoms with Gasteiger partial charge in [0.2, 0.25) is 0 Å². The van der Waals surface area contributed by atoms with E-state index >= 15 is 0 Å². The van der Waals surface area contributed by atoms with Gasteiger partial charge in [-0.3, -0.25) is 0 Å². The monoisotopic (exact) mass is 425 g/mol. The second-order valence-electron chi connectivity index (χ2n) is 8.32. The van der Waals surface area contributed by atoms with Crippen molar-refractivity contribution < 1.29 is 18.8 Å². The van der Waals surface area contributed by atoms with Crippen molar-refractivity contribution >= 4 is 31.9 Å². The molecule has 1 fully saturated rings. The van der Waals surface area contributed by atoms with Crippen LogP contribution in [0.15, 0.2) is 65.0 Å². The summed E-state index contributed by atoms with van der Waals surface area (Å²) in [7, 11) is -0.576. The van der Waals surface area contributed by atoms with E-state index in [-0.39, 0.29) is 13.2 Å². The van der Waals surface area contributed by atoms with Crippen LogP contribution in [-0.2, 0) is 20.7 Å². The fraction of sp³-hybridized carbons (Fsp3) is 0.348. The lowest BCUT2D eigenvalue weighted by Gasteiger charge is -2.32. The summed E-state index contributed by atoms with van der Waals surface area (Å²) in [5.74, 6) is 0. The summed E-state index contributed by atoms with van der Waals surface area (Å²) in [6.45, 7) is 8.45. The molecule has 0 aliphatic carbocycles. The first-order chi connectivity index (χ1) is 14.2. The molecule has 0 bridgehead atoms. The van der Waals surface area contributed by atoms with Crippen molar-refractivity contribution in [2.45, 2.75) is 50.4 Å². The number of hydrogen-bond donors (Lipinski definition) is 2. The van der Waals surface area contributed by atoms with Crippen LogP contribution < -0.4 is 5.32 Å². The van der Waals surface area contributed by atoms with Crippen LogP contribution in [0.25, 0.3) is 6.08 Å². The van der Waals surface area contributed by atoms with Crippen LogP contribution in [0.1, 0.15) is 38.8 Å². The van der Waals surface area contributed by atoms with Gasteiger partial charge in [0.05, 0.1) is 11.2 Å². The molecule has 158 valence electrons. The fourth-order valence-corrected chi connectivity index (χ4v) is 3.21. The second kappa shape index (κ2) is 9.29. The molecular weight excluding hydrogens is 397 g/mol. The number of ether oxygens (including phenoxy) is 1. The summed E-state index contributed by atoms with van der Waals surface area (Å²) in [6, 6.07) is 17.3. The Hall–Kier alpha value is -2.22. The summed E-state index contributed by atoms with van der Waals surface area (Å²) in [5, 5.41) is 2.81. The Morgan fingerprint density at radius 1 is 1.07 bits per heavy atom. The Morgan fingerprint density at radius 2 is 1.73 bits per heavy atom. The van der Waals surface area contributed by atoms with Crippen LogP contribution >= 0.6 is 12.6 Å². The van der Waals surface area contributed by atoms with Gasteiger partial charge in [0.15, 0.2) is 0 Å². The molecule has 2 aromatic carbocycles. The van der Waals surface area contributed by atoms with Crippen molar-refractivity contribution in [2.24, 2.45) is 0 Å². The largest absolute Gasteiger partial charge is 0.492 e. The molecule has 3 rings (SSSR count). The number of hydrogen-bond acceptors (Lipinski definition) is 5. The molecule has 7 heteroatoms. The normalized spacial score (nSPS) is 17.6. The van der Waals surface area contributed by atoms with E-state index in [9.17, 15) is 4.79 Å². The zero-order valence-corrected chi connectivity index (χ0v) is 18.7. The van der Waals surface area contributed by atoms with Crippen molar-refractivity contribution in [1.82, 2.24) is 5.32 Å². The van der Waals surface area contributed by atoms with E-state index < -0.39 is 24.4 Å². The van der Waals surface area contributed by atoms with Gasteiger partial charge in [0, 0.05) is 11.4 Å². The molecule has 1 N–H and O–H groups in total. The molecule has 1 saturated heterocycles. The maximum atomic E-state index is 12.2. The predicted molar refractivity (Wildman–Crippen MR) is 122 cm³/mol. The summed E-state index contributed by atoms with van der Waals surface area (Å²) in [4.78, 5) is 13.1. The van der Waals surface area contributed by atoms with Crippen LogP contribution in [0.2, 0.25) is 0 Å². The SMILES string of the molecule is CC1(C)OB(C(=Cc2cccc(S)c2)CNC(=O)OCc2ccccc2)OC1(C)C. The van der Waals surface area contributed by atoms with Crippen molar-refractivity contribution in [1.29, 1.82) is 0 Å². The molecule has 2 aromatic rings. The van der Waals surface area contributed by atoms with Gasteiger partial charge in [0.1, 0.15) is 6.61 Å². The Labute approximate surface area is 184 Å². The Bertz CT molecular complexity index is 898. The first-order valence-corrected chi connectivity index (χ1v) is 10.4. The van der Waals surface area contributed by atoms with E-state index in [1.165, 1.54) is 0 Å². The van der Waals surface area contributed by atoms with Gasteiger partial charge in [-0.2, -0.15) is 0 Å². The number of alkyl carbamates (subject to hydrolysis) is 1. The third kappa shape index (κ3) is 5.68. The predicted octanol–water partition coefficient (Wildman–Crippen LogP) is 4.92. The quantitative estimate of drug-likeness (QED) is 0.510. The summed E-state index contributed by atoms with van der Waals surface area (Å²) in [5.41, 5.74) is 1.72. The summed E-state index contributed by atoms with van der Waals surface area (Å²) in [6.07, 6.45) is 1.46. The molecule has 0 atom stereocenters. The van der Waals surface area contributed by atoms with Crippen molar-refractivity contribution in [3.8, 4) is 0 Å². The van der Waals surface area contributed by atoms with E-state index in [0.29, 0.717) is 0 Å². The fourth-order valence-electron chi connectivity index (χ4n) is 2.97. The average Bonchev–Trinajstić information content (AvgIpc) is 2.91. The number of rotatable bonds is 6. The van der Waals surface area contributed by atoms with Gasteiger partial charge in [-0.25, -0.2) is 4.79 Å². The minimum atomic E-state index is -0.576. The molecule has 0 saturated carbocycles. The van der Waals surface area contributed by atoms with E-state index in [4.69, 9.17) is 14.0 Å². The molecule has 30 heavy (non-hydrogen) atoms. The number of benzene rings is 2. The first-order valence-electron chi connectivity index (χ1n) is 9.96. The minimum Gasteiger partial charge on any atom is -0.445 e. The minimum absolute atomic E-state index is 0.212. The molecule has 0 aromatic heterocycles. The molecule has 1 heterocycles. The summed E-state index contributed by atoms with van der Waals surface area (Å²) >= 11 is 4.41. The van der Waals surface area contributed by atoms with Crippen molar-refractivity contribution in [3.05, 3.63) is 71.2 Å². The molecule has 1 amide bonds. The maximum absolute atomic E-state index is 12.2. The van der Waals surface area contributed by atoms with E-state index in [1.54, 1.807) is 0 Å². The molecule has 1 aliphatic rings.